The first-order valence-corrected chi connectivity index (χ1v) is 26.0. The number of aliphatic hydroxyl groups is 1. The number of methoxy groups -OCH3 is 1. The number of β-amino-alcohol motifs (C(OH)–C–C–N with tert-alkyl or cyclic N) is 1. The number of carbonyl (C=O) groups excluding carboxylic acids is 4. The number of thiophene rings is 1. The monoisotopic (exact) mass is 1010 g/mol. The first kappa shape index (κ1) is 50.2. The maximum absolute atomic E-state index is 14.3. The summed E-state index contributed by atoms with van der Waals surface area (Å²) in [5.74, 6) is 0.336. The zero-order valence-corrected chi connectivity index (χ0v) is 43.7. The van der Waals surface area contributed by atoms with Crippen LogP contribution in [0.4, 0.5) is 5.69 Å². The second-order valence-electron chi connectivity index (χ2n) is 20.0. The van der Waals surface area contributed by atoms with Crippen LogP contribution in [0.1, 0.15) is 114 Å². The van der Waals surface area contributed by atoms with Gasteiger partial charge in [0.15, 0.2) is 5.82 Å². The number of fused-ring (bicyclic) bond motifs is 3. The zero-order valence-electron chi connectivity index (χ0n) is 42.1. The highest BCUT2D eigenvalue weighted by Crippen LogP contribution is 2.40. The minimum Gasteiger partial charge on any atom is -0.489 e. The molecule has 0 saturated carbocycles. The lowest BCUT2D eigenvalue weighted by molar-refractivity contribution is -0.142. The fourth-order valence-electron chi connectivity index (χ4n) is 9.76. The maximum atomic E-state index is 14.3. The van der Waals surface area contributed by atoms with Crippen LogP contribution in [0.5, 0.6) is 5.75 Å². The summed E-state index contributed by atoms with van der Waals surface area (Å²) in [5, 5.41) is 26.6. The highest BCUT2D eigenvalue weighted by Gasteiger charge is 2.45. The number of nitrogens with one attached hydrogen (secondary N) is 2. The number of carbonyl (C=O) groups is 4. The molecule has 1 unspecified atom stereocenters. The molecule has 0 radical (unpaired) electrons. The Balaban J connectivity index is 0.820. The van der Waals surface area contributed by atoms with Gasteiger partial charge in [-0.2, -0.15) is 0 Å². The van der Waals surface area contributed by atoms with Crippen molar-refractivity contribution in [2.45, 2.75) is 111 Å². The minimum absolute atomic E-state index is 0.0236. The summed E-state index contributed by atoms with van der Waals surface area (Å²) in [6.45, 7) is 17.0. The lowest BCUT2D eigenvalue weighted by Crippen LogP contribution is -2.57. The number of thiazole rings is 1. The van der Waals surface area contributed by atoms with Crippen LogP contribution in [0, 0.1) is 33.1 Å². The van der Waals surface area contributed by atoms with Gasteiger partial charge in [0.25, 0.3) is 5.91 Å². The third kappa shape index (κ3) is 10.2. The van der Waals surface area contributed by atoms with Crippen LogP contribution in [-0.4, -0.2) is 110 Å². The van der Waals surface area contributed by atoms with E-state index in [-0.39, 0.29) is 43.4 Å². The van der Waals surface area contributed by atoms with Crippen molar-refractivity contribution in [3.8, 4) is 21.2 Å². The average molecular weight is 1010 g/mol. The van der Waals surface area contributed by atoms with Crippen molar-refractivity contribution in [3.05, 3.63) is 128 Å². The molecule has 72 heavy (non-hydrogen) atoms. The molecule has 2 fully saturated rings. The van der Waals surface area contributed by atoms with Crippen molar-refractivity contribution in [1.82, 2.24) is 35.3 Å². The largest absolute Gasteiger partial charge is 0.489 e. The van der Waals surface area contributed by atoms with Crippen molar-refractivity contribution in [2.75, 3.05) is 31.6 Å². The summed E-state index contributed by atoms with van der Waals surface area (Å²) in [7, 11) is 1.38. The number of hydrogen-bond donors (Lipinski definition) is 3. The van der Waals surface area contributed by atoms with Gasteiger partial charge in [-0.25, -0.2) is 4.98 Å². The number of anilines is 1. The molecular weight excluding hydrogens is 951 g/mol. The first-order valence-electron chi connectivity index (χ1n) is 24.3. The molecule has 2 saturated heterocycles. The van der Waals surface area contributed by atoms with E-state index in [1.165, 1.54) is 16.9 Å². The van der Waals surface area contributed by atoms with Gasteiger partial charge in [-0.05, 0) is 93.1 Å². The van der Waals surface area contributed by atoms with Crippen molar-refractivity contribution >= 4 is 57.8 Å². The number of esters is 1. The predicted molar refractivity (Wildman–Crippen MR) is 278 cm³/mol. The molecular formula is C54H61N9O7S2. The molecule has 3 aliphatic heterocycles. The lowest BCUT2D eigenvalue weighted by atomic mass is 9.85. The Bertz CT molecular complexity index is 3030. The Kier molecular flexibility index (Phi) is 14.2. The standard InChI is InChI=1S/C54H61N9O7S2/c1-29-32(4)72-53-45(29)46(57-42(25-44(65)69-9)49-60-59-33(5)63(49)53)35-14-18-38(19-15-35)61-23-22-41(27-61)70-40-20-16-37(17-21-40)50(66)58-48(54(6,7)8)52(68)62-26-39(64)24-43(62)51(67)56-30(2)34-10-12-36(13-11-34)47-31(3)55-28-71-47/h10-21,28,30,39,41-43,48,64H,22-27H2,1-9H3,(H,56,67)(H,58,66)/t30-,39+,41?,42-,43-,48+/m0/s1. The van der Waals surface area contributed by atoms with E-state index in [2.05, 4.69) is 68.8 Å². The second-order valence-corrected chi connectivity index (χ2v) is 22.1. The molecule has 3 amide bonds. The third-order valence-electron chi connectivity index (χ3n) is 13.9. The highest BCUT2D eigenvalue weighted by atomic mass is 32.1. The molecule has 0 spiro atoms. The molecule has 376 valence electrons. The number of aryl methyl sites for hydroxylation is 3. The van der Waals surface area contributed by atoms with Gasteiger partial charge < -0.3 is 35.0 Å². The molecule has 9 rings (SSSR count). The van der Waals surface area contributed by atoms with Gasteiger partial charge in [0.05, 0.1) is 54.0 Å². The molecule has 6 aromatic rings. The number of aliphatic hydroxyl groups excluding tert-OH is 1. The van der Waals surface area contributed by atoms with Crippen LogP contribution in [0.3, 0.4) is 0 Å². The quantitative estimate of drug-likeness (QED) is 0.0957. The lowest BCUT2D eigenvalue weighted by Gasteiger charge is -2.35. The number of ether oxygens (including phenoxy) is 2. The van der Waals surface area contributed by atoms with Gasteiger partial charge in [0, 0.05) is 53.2 Å². The number of benzene rings is 3. The van der Waals surface area contributed by atoms with Gasteiger partial charge >= 0.3 is 5.97 Å². The highest BCUT2D eigenvalue weighted by molar-refractivity contribution is 7.15. The van der Waals surface area contributed by atoms with Crippen molar-refractivity contribution in [1.29, 1.82) is 0 Å². The summed E-state index contributed by atoms with van der Waals surface area (Å²) < 4.78 is 13.5. The molecule has 6 heterocycles. The Morgan fingerprint density at radius 1 is 0.903 bits per heavy atom. The zero-order chi connectivity index (χ0) is 51.2. The van der Waals surface area contributed by atoms with Crippen LogP contribution >= 0.6 is 22.7 Å². The topological polar surface area (TPSA) is 193 Å². The van der Waals surface area contributed by atoms with E-state index < -0.39 is 41.5 Å². The first-order chi connectivity index (χ1) is 34.4. The molecule has 0 aliphatic carbocycles. The molecule has 3 N–H and O–H groups in total. The number of amides is 3. The molecule has 16 nitrogen and oxygen atoms in total. The Hall–Kier alpha value is -6.76. The summed E-state index contributed by atoms with van der Waals surface area (Å²) >= 11 is 3.24. The fourth-order valence-corrected chi connectivity index (χ4v) is 11.8. The second kappa shape index (κ2) is 20.4. The van der Waals surface area contributed by atoms with Crippen LogP contribution in [0.15, 0.2) is 83.3 Å². The molecule has 18 heteroatoms. The number of rotatable bonds is 13. The maximum Gasteiger partial charge on any atom is 0.308 e. The van der Waals surface area contributed by atoms with Gasteiger partial charge in [-0.1, -0.05) is 57.2 Å². The number of hydrogen-bond acceptors (Lipinski definition) is 14. The van der Waals surface area contributed by atoms with Crippen molar-refractivity contribution in [2.24, 2.45) is 10.4 Å². The summed E-state index contributed by atoms with van der Waals surface area (Å²) in [4.78, 5) is 70.0. The van der Waals surface area contributed by atoms with E-state index in [0.29, 0.717) is 23.7 Å². The van der Waals surface area contributed by atoms with E-state index in [9.17, 15) is 24.3 Å². The summed E-state index contributed by atoms with van der Waals surface area (Å²) in [6, 6.07) is 20.4. The molecule has 3 aromatic heterocycles. The number of likely N-dealkylation sites (tertiary alicyclic amines) is 1. The van der Waals surface area contributed by atoms with Gasteiger partial charge in [0.1, 0.15) is 40.8 Å². The Morgan fingerprint density at radius 2 is 1.61 bits per heavy atom. The van der Waals surface area contributed by atoms with E-state index in [1.807, 2.05) is 75.9 Å². The van der Waals surface area contributed by atoms with E-state index in [4.69, 9.17) is 14.5 Å². The van der Waals surface area contributed by atoms with Gasteiger partial charge in [-0.15, -0.1) is 32.9 Å². The Morgan fingerprint density at radius 3 is 2.28 bits per heavy atom. The molecule has 3 aliphatic rings. The van der Waals surface area contributed by atoms with Crippen LogP contribution in [0.25, 0.3) is 15.4 Å². The summed E-state index contributed by atoms with van der Waals surface area (Å²) in [5.41, 5.74) is 9.25. The Labute approximate surface area is 427 Å². The summed E-state index contributed by atoms with van der Waals surface area (Å²) in [6.07, 6.45) is -0.0708. The van der Waals surface area contributed by atoms with E-state index >= 15 is 0 Å². The van der Waals surface area contributed by atoms with Crippen LogP contribution in [0.2, 0.25) is 0 Å². The number of aliphatic imine (C=N–C) groups is 1. The van der Waals surface area contributed by atoms with Crippen LogP contribution in [-0.2, 0) is 19.1 Å². The van der Waals surface area contributed by atoms with E-state index in [1.54, 1.807) is 46.9 Å². The van der Waals surface area contributed by atoms with Crippen molar-refractivity contribution in [3.63, 3.8) is 0 Å². The molecule has 0 bridgehead atoms. The van der Waals surface area contributed by atoms with Gasteiger partial charge in [-0.3, -0.25) is 28.7 Å². The number of nitrogens with zero attached hydrogens (tertiary/aromatic N) is 7. The fraction of sp³-hybridized carbons (Fsp3) is 0.407. The minimum atomic E-state index is -0.989. The smallest absolute Gasteiger partial charge is 0.308 e. The van der Waals surface area contributed by atoms with Gasteiger partial charge in [0.2, 0.25) is 11.8 Å². The SMILES string of the molecule is COC(=O)C[C@@H]1N=C(c2ccc(N3CCC(Oc4ccc(C(=O)N[C@H](C(=O)N5C[C@H](O)C[C@H]5C(=O)N[C@@H](C)c5ccc(-c6scnc6C)cc5)C(C)(C)C)cc4)C3)cc2)c2c(sc(C)c2C)-n2c(C)nnc21. The number of aromatic nitrogens is 4. The predicted octanol–water partition coefficient (Wildman–Crippen LogP) is 7.78. The van der Waals surface area contributed by atoms with E-state index in [0.717, 1.165) is 73.6 Å². The van der Waals surface area contributed by atoms with Crippen molar-refractivity contribution < 1.29 is 33.8 Å². The van der Waals surface area contributed by atoms with Crippen LogP contribution < -0.4 is 20.3 Å². The molecule has 6 atom stereocenters. The third-order valence-corrected chi connectivity index (χ3v) is 16.1. The molecule has 3 aromatic carbocycles. The average Bonchev–Trinajstić information content (AvgIpc) is 4.21. The normalized spacial score (nSPS) is 19.4.